The molecule has 0 spiro atoms. The summed E-state index contributed by atoms with van der Waals surface area (Å²) in [6.45, 7) is 3.94. The summed E-state index contributed by atoms with van der Waals surface area (Å²) in [5.74, 6) is 0.659. The van der Waals surface area contributed by atoms with E-state index in [0.717, 1.165) is 16.6 Å². The minimum absolute atomic E-state index is 0.603. The Morgan fingerprint density at radius 1 is 1.09 bits per heavy atom. The van der Waals surface area contributed by atoms with E-state index < -0.39 is 6.10 Å². The van der Waals surface area contributed by atoms with Gasteiger partial charge in [-0.3, -0.25) is 0 Å². The highest BCUT2D eigenvalue weighted by molar-refractivity contribution is 5.76. The minimum Gasteiger partial charge on any atom is -0.380 e. The highest BCUT2D eigenvalue weighted by Crippen LogP contribution is 2.25. The summed E-state index contributed by atoms with van der Waals surface area (Å²) in [5, 5.41) is 10.7. The van der Waals surface area contributed by atoms with E-state index in [4.69, 9.17) is 4.74 Å². The lowest BCUT2D eigenvalue weighted by Crippen LogP contribution is -2.13. The third-order valence-electron chi connectivity index (χ3n) is 3.71. The van der Waals surface area contributed by atoms with E-state index in [9.17, 15) is 5.11 Å². The molecule has 0 saturated carbocycles. The fraction of sp³-hybridized carbons (Fsp3) is 0.278. The predicted octanol–water partition coefficient (Wildman–Crippen LogP) is 3.15. The van der Waals surface area contributed by atoms with E-state index >= 15 is 0 Å². The van der Waals surface area contributed by atoms with Crippen LogP contribution in [0.4, 0.5) is 0 Å². The summed E-state index contributed by atoms with van der Waals surface area (Å²) in [6, 6.07) is 17.5. The van der Waals surface area contributed by atoms with Crippen LogP contribution in [0.2, 0.25) is 0 Å². The van der Waals surface area contributed by atoms with Crippen LogP contribution in [0.25, 0.3) is 11.0 Å². The first-order chi connectivity index (χ1) is 10.8. The predicted molar refractivity (Wildman–Crippen MR) is 86.7 cm³/mol. The molecule has 3 aromatic rings. The van der Waals surface area contributed by atoms with E-state index in [1.165, 1.54) is 0 Å². The number of para-hydroxylation sites is 2. The number of fused-ring (bicyclic) bond motifs is 1. The number of aliphatic hydroxyl groups excluding tert-OH is 1. The molecule has 0 aliphatic rings. The van der Waals surface area contributed by atoms with Crippen LogP contribution in [0.3, 0.4) is 0 Å². The van der Waals surface area contributed by atoms with Gasteiger partial charge in [0.05, 0.1) is 17.6 Å². The van der Waals surface area contributed by atoms with Crippen LogP contribution in [0.5, 0.6) is 0 Å². The smallest absolute Gasteiger partial charge is 0.143 e. The Kier molecular flexibility index (Phi) is 4.51. The monoisotopic (exact) mass is 296 g/mol. The number of aliphatic hydroxyl groups is 1. The van der Waals surface area contributed by atoms with Gasteiger partial charge in [0.1, 0.15) is 11.9 Å². The van der Waals surface area contributed by atoms with Gasteiger partial charge in [-0.25, -0.2) is 4.98 Å². The second-order valence-electron chi connectivity index (χ2n) is 5.12. The zero-order valence-corrected chi connectivity index (χ0v) is 12.6. The van der Waals surface area contributed by atoms with Gasteiger partial charge in [-0.05, 0) is 24.6 Å². The van der Waals surface area contributed by atoms with Crippen molar-refractivity contribution in [2.75, 3.05) is 13.2 Å². The Labute approximate surface area is 130 Å². The maximum absolute atomic E-state index is 10.7. The van der Waals surface area contributed by atoms with E-state index in [-0.39, 0.29) is 0 Å². The average molecular weight is 296 g/mol. The topological polar surface area (TPSA) is 47.3 Å². The van der Waals surface area contributed by atoms with Crippen LogP contribution in [0, 0.1) is 0 Å². The Balaban J connectivity index is 2.02. The largest absolute Gasteiger partial charge is 0.380 e. The molecule has 0 aliphatic heterocycles. The first-order valence-corrected chi connectivity index (χ1v) is 7.57. The number of nitrogens with zero attached hydrogens (tertiary/aromatic N) is 2. The van der Waals surface area contributed by atoms with Gasteiger partial charge in [-0.15, -0.1) is 0 Å². The Hall–Kier alpha value is -2.17. The highest BCUT2D eigenvalue weighted by Gasteiger charge is 2.19. The van der Waals surface area contributed by atoms with Gasteiger partial charge in [0, 0.05) is 13.2 Å². The third-order valence-corrected chi connectivity index (χ3v) is 3.71. The van der Waals surface area contributed by atoms with Crippen LogP contribution < -0.4 is 0 Å². The van der Waals surface area contributed by atoms with Crippen molar-refractivity contribution in [1.82, 2.24) is 9.55 Å². The Morgan fingerprint density at radius 3 is 2.59 bits per heavy atom. The van der Waals surface area contributed by atoms with E-state index in [0.29, 0.717) is 25.6 Å². The zero-order chi connectivity index (χ0) is 15.4. The normalized spacial score (nSPS) is 12.6. The van der Waals surface area contributed by atoms with Crippen molar-refractivity contribution in [3.63, 3.8) is 0 Å². The number of aromatic nitrogens is 2. The number of ether oxygens (including phenoxy) is 1. The number of benzene rings is 2. The summed E-state index contributed by atoms with van der Waals surface area (Å²) >= 11 is 0. The number of imidazole rings is 1. The molecule has 0 amide bonds. The molecule has 4 nitrogen and oxygen atoms in total. The standard InChI is InChI=1S/C18H20N2O2/c1-2-22-13-12-20-16-11-7-6-10-15(16)19-18(20)17(21)14-8-4-3-5-9-14/h3-11,17,21H,2,12-13H2,1H3/t17-/m0/s1. The second-order valence-corrected chi connectivity index (χ2v) is 5.12. The van der Waals surface area contributed by atoms with Crippen LogP contribution >= 0.6 is 0 Å². The quantitative estimate of drug-likeness (QED) is 0.711. The lowest BCUT2D eigenvalue weighted by molar-refractivity contribution is 0.135. The molecule has 1 N–H and O–H groups in total. The highest BCUT2D eigenvalue weighted by atomic mass is 16.5. The second kappa shape index (κ2) is 6.73. The van der Waals surface area contributed by atoms with Crippen LogP contribution in [0.1, 0.15) is 24.4 Å². The lowest BCUT2D eigenvalue weighted by Gasteiger charge is -2.14. The van der Waals surface area contributed by atoms with Crippen molar-refractivity contribution in [3.8, 4) is 0 Å². The summed E-state index contributed by atoms with van der Waals surface area (Å²) in [5.41, 5.74) is 2.76. The first kappa shape index (κ1) is 14.8. The van der Waals surface area contributed by atoms with Gasteiger partial charge in [-0.2, -0.15) is 0 Å². The molecular weight excluding hydrogens is 276 g/mol. The fourth-order valence-corrected chi connectivity index (χ4v) is 2.62. The van der Waals surface area contributed by atoms with Gasteiger partial charge in [-0.1, -0.05) is 42.5 Å². The van der Waals surface area contributed by atoms with Gasteiger partial charge in [0.25, 0.3) is 0 Å². The van der Waals surface area contributed by atoms with Gasteiger partial charge in [0.15, 0.2) is 0 Å². The van der Waals surface area contributed by atoms with Crippen molar-refractivity contribution in [2.45, 2.75) is 19.6 Å². The number of hydrogen-bond donors (Lipinski definition) is 1. The molecule has 2 aromatic carbocycles. The molecule has 0 saturated heterocycles. The zero-order valence-electron chi connectivity index (χ0n) is 12.6. The molecule has 0 fully saturated rings. The fourth-order valence-electron chi connectivity index (χ4n) is 2.62. The van der Waals surface area contributed by atoms with Crippen molar-refractivity contribution >= 4 is 11.0 Å². The van der Waals surface area contributed by atoms with E-state index in [2.05, 4.69) is 4.98 Å². The van der Waals surface area contributed by atoms with Gasteiger partial charge in [0.2, 0.25) is 0 Å². The molecule has 22 heavy (non-hydrogen) atoms. The molecule has 0 radical (unpaired) electrons. The summed E-state index contributed by atoms with van der Waals surface area (Å²) in [4.78, 5) is 4.63. The van der Waals surface area contributed by atoms with Crippen molar-refractivity contribution in [3.05, 3.63) is 66.0 Å². The Morgan fingerprint density at radius 2 is 1.82 bits per heavy atom. The molecular formula is C18H20N2O2. The molecule has 0 unspecified atom stereocenters. The van der Waals surface area contributed by atoms with Crippen LogP contribution in [0.15, 0.2) is 54.6 Å². The lowest BCUT2D eigenvalue weighted by atomic mass is 10.1. The molecule has 1 aromatic heterocycles. The van der Waals surface area contributed by atoms with E-state index in [1.54, 1.807) is 0 Å². The maximum Gasteiger partial charge on any atom is 0.143 e. The molecule has 0 bridgehead atoms. The van der Waals surface area contributed by atoms with Crippen molar-refractivity contribution in [1.29, 1.82) is 0 Å². The van der Waals surface area contributed by atoms with Crippen molar-refractivity contribution in [2.24, 2.45) is 0 Å². The molecule has 1 heterocycles. The SMILES string of the molecule is CCOCCn1c([C@@H](O)c2ccccc2)nc2ccccc21. The van der Waals surface area contributed by atoms with Crippen LogP contribution in [-0.2, 0) is 11.3 Å². The van der Waals surface area contributed by atoms with Gasteiger partial charge < -0.3 is 14.4 Å². The minimum atomic E-state index is -0.741. The maximum atomic E-state index is 10.7. The molecule has 3 rings (SSSR count). The summed E-state index contributed by atoms with van der Waals surface area (Å²) in [7, 11) is 0. The number of hydrogen-bond acceptors (Lipinski definition) is 3. The molecule has 4 heteroatoms. The van der Waals surface area contributed by atoms with Crippen LogP contribution in [-0.4, -0.2) is 27.9 Å². The molecule has 114 valence electrons. The molecule has 0 aliphatic carbocycles. The summed E-state index contributed by atoms with van der Waals surface area (Å²) in [6.07, 6.45) is -0.741. The van der Waals surface area contributed by atoms with E-state index in [1.807, 2.05) is 66.1 Å². The van der Waals surface area contributed by atoms with Crippen molar-refractivity contribution < 1.29 is 9.84 Å². The van der Waals surface area contributed by atoms with Gasteiger partial charge >= 0.3 is 0 Å². The average Bonchev–Trinajstić information content (AvgIpc) is 2.94. The Bertz CT molecular complexity index is 737. The third kappa shape index (κ3) is 2.89. The first-order valence-electron chi connectivity index (χ1n) is 7.57. The number of rotatable bonds is 6. The molecule has 1 atom stereocenters. The summed E-state index contributed by atoms with van der Waals surface area (Å²) < 4.78 is 7.51.